The maximum atomic E-state index is 12.1. The molecule has 1 aromatic rings. The highest BCUT2D eigenvalue weighted by atomic mass is 35.5. The molecule has 0 bridgehead atoms. The Hall–Kier alpha value is -0.800. The van der Waals surface area contributed by atoms with Gasteiger partial charge in [0.05, 0.1) is 11.1 Å². The SMILES string of the molecule is N[C@@H](CF)c1cccc(Cl)c1O. The van der Waals surface area contributed by atoms with Gasteiger partial charge in [-0.05, 0) is 6.07 Å². The van der Waals surface area contributed by atoms with Crippen LogP contribution in [0.1, 0.15) is 11.6 Å². The number of phenolic OH excluding ortho intramolecular Hbond substituents is 1. The molecule has 12 heavy (non-hydrogen) atoms. The monoisotopic (exact) mass is 189 g/mol. The highest BCUT2D eigenvalue weighted by Gasteiger charge is 2.11. The van der Waals surface area contributed by atoms with Gasteiger partial charge in [-0.25, -0.2) is 4.39 Å². The number of benzene rings is 1. The highest BCUT2D eigenvalue weighted by Crippen LogP contribution is 2.30. The molecule has 0 spiro atoms. The summed E-state index contributed by atoms with van der Waals surface area (Å²) in [6.45, 7) is -0.714. The summed E-state index contributed by atoms with van der Waals surface area (Å²) in [5.41, 5.74) is 5.71. The molecule has 1 rings (SSSR count). The van der Waals surface area contributed by atoms with E-state index in [0.29, 0.717) is 5.56 Å². The molecule has 3 N–H and O–H groups in total. The van der Waals surface area contributed by atoms with E-state index in [2.05, 4.69) is 0 Å². The third-order valence-corrected chi connectivity index (χ3v) is 1.89. The molecule has 0 aliphatic heterocycles. The van der Waals surface area contributed by atoms with Gasteiger partial charge in [0.15, 0.2) is 0 Å². The predicted octanol–water partition coefficient (Wildman–Crippen LogP) is 2.01. The van der Waals surface area contributed by atoms with Crippen LogP contribution in [0.15, 0.2) is 18.2 Å². The summed E-state index contributed by atoms with van der Waals surface area (Å²) in [6.07, 6.45) is 0. The second-order valence-electron chi connectivity index (χ2n) is 2.44. The predicted molar refractivity (Wildman–Crippen MR) is 46.0 cm³/mol. The molecule has 0 aliphatic carbocycles. The molecule has 0 fully saturated rings. The number of hydrogen-bond donors (Lipinski definition) is 2. The minimum atomic E-state index is -0.802. The second-order valence-corrected chi connectivity index (χ2v) is 2.85. The Bertz CT molecular complexity index is 280. The van der Waals surface area contributed by atoms with Gasteiger partial charge in [-0.15, -0.1) is 0 Å². The van der Waals surface area contributed by atoms with Crippen molar-refractivity contribution in [1.29, 1.82) is 0 Å². The van der Waals surface area contributed by atoms with Crippen molar-refractivity contribution in [2.45, 2.75) is 6.04 Å². The lowest BCUT2D eigenvalue weighted by atomic mass is 10.1. The van der Waals surface area contributed by atoms with E-state index >= 15 is 0 Å². The van der Waals surface area contributed by atoms with Crippen molar-refractivity contribution < 1.29 is 9.50 Å². The third kappa shape index (κ3) is 1.68. The molecule has 0 heterocycles. The Balaban J connectivity index is 3.07. The number of aromatic hydroxyl groups is 1. The molecular weight excluding hydrogens is 181 g/mol. The number of phenols is 1. The van der Waals surface area contributed by atoms with Crippen LogP contribution in [0.4, 0.5) is 4.39 Å². The average Bonchev–Trinajstić information content (AvgIpc) is 2.08. The van der Waals surface area contributed by atoms with Crippen LogP contribution in [-0.2, 0) is 0 Å². The van der Waals surface area contributed by atoms with Crippen molar-refractivity contribution >= 4 is 11.6 Å². The molecule has 1 atom stereocenters. The Morgan fingerprint density at radius 2 is 2.25 bits per heavy atom. The first kappa shape index (κ1) is 9.29. The minimum absolute atomic E-state index is 0.135. The van der Waals surface area contributed by atoms with Gasteiger partial charge in [0.2, 0.25) is 0 Å². The fraction of sp³-hybridized carbons (Fsp3) is 0.250. The van der Waals surface area contributed by atoms with Crippen LogP contribution in [0.5, 0.6) is 5.75 Å². The number of hydrogen-bond acceptors (Lipinski definition) is 2. The Morgan fingerprint density at radius 3 is 2.83 bits per heavy atom. The van der Waals surface area contributed by atoms with Gasteiger partial charge in [-0.1, -0.05) is 23.7 Å². The first-order chi connectivity index (χ1) is 5.66. The summed E-state index contributed by atoms with van der Waals surface area (Å²) in [7, 11) is 0. The van der Waals surface area contributed by atoms with Gasteiger partial charge < -0.3 is 10.8 Å². The molecule has 0 amide bonds. The zero-order chi connectivity index (χ0) is 9.14. The van der Waals surface area contributed by atoms with E-state index in [-0.39, 0.29) is 10.8 Å². The van der Waals surface area contributed by atoms with Crippen molar-refractivity contribution in [1.82, 2.24) is 0 Å². The van der Waals surface area contributed by atoms with Crippen LogP contribution in [-0.4, -0.2) is 11.8 Å². The Kier molecular flexibility index (Phi) is 2.89. The van der Waals surface area contributed by atoms with Crippen LogP contribution in [0.25, 0.3) is 0 Å². The number of nitrogens with two attached hydrogens (primary N) is 1. The summed E-state index contributed by atoms with van der Waals surface area (Å²) < 4.78 is 12.1. The standard InChI is InChI=1S/C8H9ClFNO/c9-6-3-1-2-5(8(6)12)7(11)4-10/h1-3,7,12H,4,11H2/t7-/m0/s1. The average molecular weight is 190 g/mol. The van der Waals surface area contributed by atoms with E-state index in [0.717, 1.165) is 0 Å². The van der Waals surface area contributed by atoms with Gasteiger partial charge in [0, 0.05) is 5.56 Å². The van der Waals surface area contributed by atoms with Crippen LogP contribution >= 0.6 is 11.6 Å². The molecule has 2 nitrogen and oxygen atoms in total. The lowest BCUT2D eigenvalue weighted by Crippen LogP contribution is -2.12. The zero-order valence-electron chi connectivity index (χ0n) is 6.30. The van der Waals surface area contributed by atoms with E-state index in [9.17, 15) is 9.50 Å². The van der Waals surface area contributed by atoms with Gasteiger partial charge in [-0.3, -0.25) is 0 Å². The third-order valence-electron chi connectivity index (χ3n) is 1.58. The Morgan fingerprint density at radius 1 is 1.58 bits per heavy atom. The molecule has 0 aliphatic rings. The molecule has 4 heteroatoms. The van der Waals surface area contributed by atoms with Crippen molar-refractivity contribution in [3.05, 3.63) is 28.8 Å². The fourth-order valence-electron chi connectivity index (χ4n) is 0.914. The van der Waals surface area contributed by atoms with Crippen LogP contribution in [0.2, 0.25) is 5.02 Å². The zero-order valence-corrected chi connectivity index (χ0v) is 7.05. The maximum absolute atomic E-state index is 12.1. The summed E-state index contributed by atoms with van der Waals surface area (Å²) in [6, 6.07) is 3.88. The van der Waals surface area contributed by atoms with Gasteiger partial charge in [0.25, 0.3) is 0 Å². The molecule has 0 radical (unpaired) electrons. The number of para-hydroxylation sites is 1. The number of halogens is 2. The van der Waals surface area contributed by atoms with Gasteiger partial charge in [-0.2, -0.15) is 0 Å². The van der Waals surface area contributed by atoms with E-state index in [1.54, 1.807) is 12.1 Å². The Labute approximate surface area is 74.8 Å². The van der Waals surface area contributed by atoms with Gasteiger partial charge >= 0.3 is 0 Å². The number of rotatable bonds is 2. The van der Waals surface area contributed by atoms with E-state index < -0.39 is 12.7 Å². The molecule has 66 valence electrons. The summed E-state index contributed by atoms with van der Waals surface area (Å²) in [5, 5.41) is 9.51. The molecule has 0 saturated heterocycles. The lowest BCUT2D eigenvalue weighted by molar-refractivity contribution is 0.414. The summed E-state index contributed by atoms with van der Waals surface area (Å²) in [5.74, 6) is -0.135. The molecule has 0 unspecified atom stereocenters. The molecule has 1 aromatic carbocycles. The smallest absolute Gasteiger partial charge is 0.139 e. The topological polar surface area (TPSA) is 46.2 Å². The summed E-state index contributed by atoms with van der Waals surface area (Å²) in [4.78, 5) is 0. The van der Waals surface area contributed by atoms with Crippen LogP contribution in [0.3, 0.4) is 0 Å². The highest BCUT2D eigenvalue weighted by molar-refractivity contribution is 6.32. The van der Waals surface area contributed by atoms with Crippen molar-refractivity contribution in [2.24, 2.45) is 5.73 Å². The fourth-order valence-corrected chi connectivity index (χ4v) is 1.10. The first-order valence-corrected chi connectivity index (χ1v) is 3.83. The van der Waals surface area contributed by atoms with Gasteiger partial charge in [0.1, 0.15) is 12.4 Å². The molecule has 0 aromatic heterocycles. The van der Waals surface area contributed by atoms with Crippen molar-refractivity contribution in [3.8, 4) is 5.75 Å². The maximum Gasteiger partial charge on any atom is 0.139 e. The van der Waals surface area contributed by atoms with E-state index in [1.807, 2.05) is 0 Å². The number of alkyl halides is 1. The van der Waals surface area contributed by atoms with E-state index in [4.69, 9.17) is 17.3 Å². The van der Waals surface area contributed by atoms with Crippen LogP contribution in [0, 0.1) is 0 Å². The normalized spacial score (nSPS) is 12.9. The van der Waals surface area contributed by atoms with Crippen molar-refractivity contribution in [3.63, 3.8) is 0 Å². The first-order valence-electron chi connectivity index (χ1n) is 3.45. The largest absolute Gasteiger partial charge is 0.506 e. The molecule has 0 saturated carbocycles. The lowest BCUT2D eigenvalue weighted by Gasteiger charge is -2.09. The minimum Gasteiger partial charge on any atom is -0.506 e. The summed E-state index contributed by atoms with van der Waals surface area (Å²) >= 11 is 5.59. The quantitative estimate of drug-likeness (QED) is 0.748. The molecular formula is C8H9ClFNO. The van der Waals surface area contributed by atoms with Crippen molar-refractivity contribution in [2.75, 3.05) is 6.67 Å². The van der Waals surface area contributed by atoms with E-state index in [1.165, 1.54) is 6.07 Å². The van der Waals surface area contributed by atoms with Crippen LogP contribution < -0.4 is 5.73 Å². The second kappa shape index (κ2) is 3.74.